The molecule has 1 aromatic carbocycles. The Balaban J connectivity index is 2.10. The highest BCUT2D eigenvalue weighted by Gasteiger charge is 2.08. The van der Waals surface area contributed by atoms with Crippen molar-refractivity contribution in [2.45, 2.75) is 45.4 Å². The molecule has 0 aliphatic carbocycles. The Hall–Kier alpha value is -1.91. The lowest BCUT2D eigenvalue weighted by molar-refractivity contribution is -0.143. The number of hydrogen-bond donors (Lipinski definition) is 1. The molecule has 5 heteroatoms. The van der Waals surface area contributed by atoms with Gasteiger partial charge in [-0.2, -0.15) is 0 Å². The van der Waals surface area contributed by atoms with E-state index in [-0.39, 0.29) is 24.5 Å². The molecule has 0 saturated heterocycles. The van der Waals surface area contributed by atoms with Crippen LogP contribution < -0.4 is 5.32 Å². The van der Waals surface area contributed by atoms with Gasteiger partial charge in [-0.3, -0.25) is 9.59 Å². The van der Waals surface area contributed by atoms with Gasteiger partial charge in [-0.15, -0.1) is 0 Å². The van der Waals surface area contributed by atoms with Crippen LogP contribution in [-0.4, -0.2) is 25.0 Å². The van der Waals surface area contributed by atoms with Crippen molar-refractivity contribution in [2.24, 2.45) is 0 Å². The predicted molar refractivity (Wildman–Crippen MR) is 83.1 cm³/mol. The summed E-state index contributed by atoms with van der Waals surface area (Å²) >= 11 is 0. The molecule has 1 rings (SSSR count). The first-order valence-electron chi connectivity index (χ1n) is 7.83. The number of amides is 1. The maximum Gasteiger partial charge on any atom is 0.307 e. The standard InChI is InChI=1S/C17H24FNO3/c1-2-3-4-5-6-12-22-16(20)10-11-19-17(21)14-8-7-9-15(18)13-14/h7-9,13H,2-6,10-12H2,1H3,(H,19,21). The minimum absolute atomic E-state index is 0.121. The third-order valence-electron chi connectivity index (χ3n) is 3.21. The lowest BCUT2D eigenvalue weighted by atomic mass is 10.2. The molecule has 1 amide bonds. The number of rotatable bonds is 10. The highest BCUT2D eigenvalue weighted by Crippen LogP contribution is 2.04. The van der Waals surface area contributed by atoms with Gasteiger partial charge in [-0.05, 0) is 24.6 Å². The van der Waals surface area contributed by atoms with Gasteiger partial charge < -0.3 is 10.1 Å². The molecule has 0 saturated carbocycles. The van der Waals surface area contributed by atoms with Gasteiger partial charge in [0.2, 0.25) is 0 Å². The summed E-state index contributed by atoms with van der Waals surface area (Å²) in [5.74, 6) is -1.18. The second-order valence-corrected chi connectivity index (χ2v) is 5.15. The lowest BCUT2D eigenvalue weighted by Crippen LogP contribution is -2.26. The molecule has 0 radical (unpaired) electrons. The quantitative estimate of drug-likeness (QED) is 0.532. The van der Waals surface area contributed by atoms with Gasteiger partial charge in [-0.25, -0.2) is 4.39 Å². The molecular weight excluding hydrogens is 285 g/mol. The fourth-order valence-corrected chi connectivity index (χ4v) is 1.97. The lowest BCUT2D eigenvalue weighted by Gasteiger charge is -2.06. The minimum Gasteiger partial charge on any atom is -0.466 e. The van der Waals surface area contributed by atoms with Crippen molar-refractivity contribution in [3.63, 3.8) is 0 Å². The van der Waals surface area contributed by atoms with Gasteiger partial charge in [0.15, 0.2) is 0 Å². The molecule has 0 aromatic heterocycles. The van der Waals surface area contributed by atoms with E-state index in [0.29, 0.717) is 6.61 Å². The van der Waals surface area contributed by atoms with Crippen molar-refractivity contribution >= 4 is 11.9 Å². The predicted octanol–water partition coefficient (Wildman–Crippen LogP) is 3.46. The van der Waals surface area contributed by atoms with E-state index in [9.17, 15) is 14.0 Å². The average Bonchev–Trinajstić information content (AvgIpc) is 2.50. The van der Waals surface area contributed by atoms with Gasteiger partial charge in [0.25, 0.3) is 5.91 Å². The van der Waals surface area contributed by atoms with Crippen LogP contribution in [0.4, 0.5) is 4.39 Å². The summed E-state index contributed by atoms with van der Waals surface area (Å²) in [7, 11) is 0. The van der Waals surface area contributed by atoms with E-state index in [1.165, 1.54) is 31.0 Å². The van der Waals surface area contributed by atoms with Crippen LogP contribution in [0.5, 0.6) is 0 Å². The molecule has 0 bridgehead atoms. The van der Waals surface area contributed by atoms with Crippen molar-refractivity contribution in [3.05, 3.63) is 35.6 Å². The third-order valence-corrected chi connectivity index (χ3v) is 3.21. The summed E-state index contributed by atoms with van der Waals surface area (Å²) in [6.45, 7) is 2.77. The molecule has 0 heterocycles. The number of ether oxygens (including phenoxy) is 1. The molecule has 4 nitrogen and oxygen atoms in total. The number of hydrogen-bond acceptors (Lipinski definition) is 3. The van der Waals surface area contributed by atoms with Crippen LogP contribution in [0, 0.1) is 5.82 Å². The highest BCUT2D eigenvalue weighted by atomic mass is 19.1. The van der Waals surface area contributed by atoms with Crippen LogP contribution in [-0.2, 0) is 9.53 Å². The summed E-state index contributed by atoms with van der Waals surface area (Å²) in [5.41, 5.74) is 0.240. The first kappa shape index (κ1) is 18.1. The van der Waals surface area contributed by atoms with Crippen molar-refractivity contribution < 1.29 is 18.7 Å². The number of carbonyl (C=O) groups is 2. The second-order valence-electron chi connectivity index (χ2n) is 5.15. The zero-order chi connectivity index (χ0) is 16.2. The molecule has 1 N–H and O–H groups in total. The van der Waals surface area contributed by atoms with Crippen LogP contribution in [0.1, 0.15) is 55.8 Å². The van der Waals surface area contributed by atoms with Crippen LogP contribution >= 0.6 is 0 Å². The number of halogens is 1. The van der Waals surface area contributed by atoms with Gasteiger partial charge in [0.05, 0.1) is 13.0 Å². The fourth-order valence-electron chi connectivity index (χ4n) is 1.97. The molecule has 0 unspecified atom stereocenters. The Labute approximate surface area is 131 Å². The molecule has 1 aromatic rings. The largest absolute Gasteiger partial charge is 0.466 e. The van der Waals surface area contributed by atoms with Gasteiger partial charge >= 0.3 is 5.97 Å². The zero-order valence-corrected chi connectivity index (χ0v) is 13.1. The first-order chi connectivity index (χ1) is 10.6. The molecule has 0 spiro atoms. The second kappa shape index (κ2) is 10.8. The van der Waals surface area contributed by atoms with E-state index in [1.54, 1.807) is 0 Å². The molecule has 122 valence electrons. The Morgan fingerprint density at radius 2 is 1.95 bits per heavy atom. The first-order valence-corrected chi connectivity index (χ1v) is 7.83. The topological polar surface area (TPSA) is 55.4 Å². The maximum absolute atomic E-state index is 13.0. The SMILES string of the molecule is CCCCCCCOC(=O)CCNC(=O)c1cccc(F)c1. The van der Waals surface area contributed by atoms with Crippen molar-refractivity contribution in [2.75, 3.05) is 13.2 Å². The number of carbonyl (C=O) groups excluding carboxylic acids is 2. The summed E-state index contributed by atoms with van der Waals surface area (Å²) in [4.78, 5) is 23.2. The molecule has 0 aliphatic heterocycles. The van der Waals surface area contributed by atoms with Crippen LogP contribution in [0.2, 0.25) is 0 Å². The number of esters is 1. The van der Waals surface area contributed by atoms with E-state index in [2.05, 4.69) is 12.2 Å². The van der Waals surface area contributed by atoms with Crippen LogP contribution in [0.25, 0.3) is 0 Å². The van der Waals surface area contributed by atoms with E-state index >= 15 is 0 Å². The molecule has 0 fully saturated rings. The van der Waals surface area contributed by atoms with Crippen molar-refractivity contribution in [1.29, 1.82) is 0 Å². The Morgan fingerprint density at radius 3 is 2.68 bits per heavy atom. The number of unbranched alkanes of at least 4 members (excludes halogenated alkanes) is 4. The maximum atomic E-state index is 13.0. The smallest absolute Gasteiger partial charge is 0.307 e. The highest BCUT2D eigenvalue weighted by molar-refractivity contribution is 5.94. The molecular formula is C17H24FNO3. The summed E-state index contributed by atoms with van der Waals surface area (Å²) in [5, 5.41) is 2.57. The number of benzene rings is 1. The summed E-state index contributed by atoms with van der Waals surface area (Å²) in [6, 6.07) is 5.42. The Morgan fingerprint density at radius 1 is 1.18 bits per heavy atom. The average molecular weight is 309 g/mol. The minimum atomic E-state index is -0.463. The third kappa shape index (κ3) is 7.76. The monoisotopic (exact) mass is 309 g/mol. The van der Waals surface area contributed by atoms with Gasteiger partial charge in [-0.1, -0.05) is 38.7 Å². The Kier molecular flexibility index (Phi) is 8.88. The number of nitrogens with one attached hydrogen (secondary N) is 1. The van der Waals surface area contributed by atoms with Gasteiger partial charge in [0.1, 0.15) is 5.82 Å². The van der Waals surface area contributed by atoms with Crippen LogP contribution in [0.15, 0.2) is 24.3 Å². The van der Waals surface area contributed by atoms with Gasteiger partial charge in [0, 0.05) is 12.1 Å². The van der Waals surface area contributed by atoms with Crippen molar-refractivity contribution in [3.8, 4) is 0 Å². The molecule has 0 atom stereocenters. The Bertz CT molecular complexity index is 477. The van der Waals surface area contributed by atoms with E-state index in [4.69, 9.17) is 4.74 Å². The van der Waals surface area contributed by atoms with Crippen molar-refractivity contribution in [1.82, 2.24) is 5.32 Å². The van der Waals surface area contributed by atoms with E-state index in [1.807, 2.05) is 0 Å². The summed E-state index contributed by atoms with van der Waals surface area (Å²) in [6.07, 6.45) is 5.62. The molecule has 22 heavy (non-hydrogen) atoms. The van der Waals surface area contributed by atoms with E-state index < -0.39 is 11.7 Å². The van der Waals surface area contributed by atoms with Crippen LogP contribution in [0.3, 0.4) is 0 Å². The summed E-state index contributed by atoms with van der Waals surface area (Å²) < 4.78 is 18.1. The zero-order valence-electron chi connectivity index (χ0n) is 13.1. The molecule has 0 aliphatic rings. The fraction of sp³-hybridized carbons (Fsp3) is 0.529. The normalized spacial score (nSPS) is 10.3. The van der Waals surface area contributed by atoms with E-state index in [0.717, 1.165) is 25.3 Å².